The molecule has 1 saturated heterocycles. The summed E-state index contributed by atoms with van der Waals surface area (Å²) in [5, 5.41) is 3.35. The van der Waals surface area contributed by atoms with Crippen LogP contribution in [0.1, 0.15) is 49.3 Å². The SMILES string of the molecule is Cc1ccc([C@H](CN2CCOCC2)NC(=O)C2CCCCC2)cc1. The Labute approximate surface area is 145 Å². The quantitative estimate of drug-likeness (QED) is 0.902. The molecule has 1 aliphatic heterocycles. The summed E-state index contributed by atoms with van der Waals surface area (Å²) in [5.41, 5.74) is 2.46. The van der Waals surface area contributed by atoms with Crippen LogP contribution in [-0.4, -0.2) is 43.7 Å². The number of carbonyl (C=O) groups excluding carboxylic acids is 1. The van der Waals surface area contributed by atoms with Crippen LogP contribution in [0.4, 0.5) is 0 Å². The zero-order valence-corrected chi connectivity index (χ0v) is 14.8. The van der Waals surface area contributed by atoms with Crippen LogP contribution in [0, 0.1) is 12.8 Å². The van der Waals surface area contributed by atoms with Gasteiger partial charge in [-0.25, -0.2) is 0 Å². The number of amides is 1. The molecule has 0 unspecified atom stereocenters. The highest BCUT2D eigenvalue weighted by molar-refractivity contribution is 5.79. The second kappa shape index (κ2) is 8.63. The Bertz CT molecular complexity index is 517. The van der Waals surface area contributed by atoms with Gasteiger partial charge in [0.05, 0.1) is 19.3 Å². The van der Waals surface area contributed by atoms with Gasteiger partial charge in [0.1, 0.15) is 0 Å². The first-order valence-corrected chi connectivity index (χ1v) is 9.39. The Balaban J connectivity index is 1.68. The average molecular weight is 330 g/mol. The molecule has 2 aliphatic rings. The molecular formula is C20H30N2O2. The first kappa shape index (κ1) is 17.4. The molecule has 0 radical (unpaired) electrons. The number of aryl methyl sites for hydroxylation is 1. The Hall–Kier alpha value is -1.39. The lowest BCUT2D eigenvalue weighted by molar-refractivity contribution is -0.126. The maximum atomic E-state index is 12.7. The van der Waals surface area contributed by atoms with Gasteiger partial charge in [-0.2, -0.15) is 0 Å². The van der Waals surface area contributed by atoms with Crippen molar-refractivity contribution >= 4 is 5.91 Å². The van der Waals surface area contributed by atoms with E-state index in [1.807, 2.05) is 0 Å². The number of nitrogens with one attached hydrogen (secondary N) is 1. The van der Waals surface area contributed by atoms with E-state index in [1.165, 1.54) is 30.4 Å². The molecule has 24 heavy (non-hydrogen) atoms. The Kier molecular flexibility index (Phi) is 6.27. The summed E-state index contributed by atoms with van der Waals surface area (Å²) in [7, 11) is 0. The monoisotopic (exact) mass is 330 g/mol. The molecule has 1 aromatic carbocycles. The van der Waals surface area contributed by atoms with Crippen LogP contribution in [0.3, 0.4) is 0 Å². The molecule has 4 nitrogen and oxygen atoms in total. The van der Waals surface area contributed by atoms with E-state index < -0.39 is 0 Å². The third-order valence-corrected chi connectivity index (χ3v) is 5.32. The van der Waals surface area contributed by atoms with E-state index in [9.17, 15) is 4.79 Å². The van der Waals surface area contributed by atoms with Crippen molar-refractivity contribution in [3.05, 3.63) is 35.4 Å². The minimum atomic E-state index is 0.0677. The Morgan fingerprint density at radius 2 is 1.83 bits per heavy atom. The molecule has 1 aliphatic carbocycles. The normalized spacial score (nSPS) is 21.4. The molecule has 1 amide bonds. The molecular weight excluding hydrogens is 300 g/mol. The van der Waals surface area contributed by atoms with Crippen molar-refractivity contribution in [3.8, 4) is 0 Å². The Morgan fingerprint density at radius 1 is 1.17 bits per heavy atom. The zero-order valence-electron chi connectivity index (χ0n) is 14.8. The highest BCUT2D eigenvalue weighted by Gasteiger charge is 2.25. The highest BCUT2D eigenvalue weighted by Crippen LogP contribution is 2.25. The summed E-state index contributed by atoms with van der Waals surface area (Å²) in [6.45, 7) is 6.43. The molecule has 2 fully saturated rings. The third kappa shape index (κ3) is 4.81. The number of nitrogens with zero attached hydrogens (tertiary/aromatic N) is 1. The van der Waals surface area contributed by atoms with Crippen LogP contribution in [0.25, 0.3) is 0 Å². The minimum absolute atomic E-state index is 0.0677. The van der Waals surface area contributed by atoms with Crippen LogP contribution < -0.4 is 5.32 Å². The number of benzene rings is 1. The Morgan fingerprint density at radius 3 is 2.50 bits per heavy atom. The lowest BCUT2D eigenvalue weighted by atomic mass is 9.88. The molecule has 4 heteroatoms. The van der Waals surface area contributed by atoms with Gasteiger partial charge in [-0.15, -0.1) is 0 Å². The van der Waals surface area contributed by atoms with E-state index in [-0.39, 0.29) is 17.9 Å². The molecule has 3 rings (SSSR count). The molecule has 1 saturated carbocycles. The predicted octanol–water partition coefficient (Wildman–Crippen LogP) is 3.06. The van der Waals surface area contributed by atoms with Crippen molar-refractivity contribution in [2.24, 2.45) is 5.92 Å². The topological polar surface area (TPSA) is 41.6 Å². The zero-order chi connectivity index (χ0) is 16.8. The second-order valence-electron chi connectivity index (χ2n) is 7.22. The maximum Gasteiger partial charge on any atom is 0.223 e. The smallest absolute Gasteiger partial charge is 0.223 e. The van der Waals surface area contributed by atoms with Crippen LogP contribution in [-0.2, 0) is 9.53 Å². The fourth-order valence-corrected chi connectivity index (χ4v) is 3.73. The van der Waals surface area contributed by atoms with Gasteiger partial charge in [0, 0.05) is 25.6 Å². The van der Waals surface area contributed by atoms with Crippen molar-refractivity contribution in [1.29, 1.82) is 0 Å². The summed E-state index contributed by atoms with van der Waals surface area (Å²) in [6, 6.07) is 8.64. The lowest BCUT2D eigenvalue weighted by Gasteiger charge is -2.32. The third-order valence-electron chi connectivity index (χ3n) is 5.32. The van der Waals surface area contributed by atoms with Crippen LogP contribution in [0.5, 0.6) is 0 Å². The van der Waals surface area contributed by atoms with E-state index >= 15 is 0 Å². The molecule has 0 bridgehead atoms. The van der Waals surface area contributed by atoms with E-state index in [4.69, 9.17) is 4.74 Å². The molecule has 1 heterocycles. The van der Waals surface area contributed by atoms with Gasteiger partial charge in [-0.3, -0.25) is 9.69 Å². The summed E-state index contributed by atoms with van der Waals surface area (Å²) in [5.74, 6) is 0.449. The molecule has 0 spiro atoms. The number of hydrogen-bond acceptors (Lipinski definition) is 3. The number of ether oxygens (including phenoxy) is 1. The standard InChI is InChI=1S/C20H30N2O2/c1-16-7-9-17(10-8-16)19(15-22-11-13-24-14-12-22)21-20(23)18-5-3-2-4-6-18/h7-10,18-19H,2-6,11-15H2,1H3,(H,21,23)/t19-/m0/s1. The van der Waals surface area contributed by atoms with Crippen molar-refractivity contribution in [2.45, 2.75) is 45.1 Å². The molecule has 132 valence electrons. The van der Waals surface area contributed by atoms with Gasteiger partial charge in [0.2, 0.25) is 5.91 Å². The van der Waals surface area contributed by atoms with E-state index in [2.05, 4.69) is 41.4 Å². The first-order chi connectivity index (χ1) is 11.7. The van der Waals surface area contributed by atoms with Crippen molar-refractivity contribution < 1.29 is 9.53 Å². The summed E-state index contributed by atoms with van der Waals surface area (Å²) >= 11 is 0. The molecule has 1 aromatic rings. The van der Waals surface area contributed by atoms with Crippen molar-refractivity contribution in [3.63, 3.8) is 0 Å². The lowest BCUT2D eigenvalue weighted by Crippen LogP contribution is -2.44. The van der Waals surface area contributed by atoms with E-state index in [0.29, 0.717) is 0 Å². The van der Waals surface area contributed by atoms with Gasteiger partial charge in [-0.1, -0.05) is 49.1 Å². The summed E-state index contributed by atoms with van der Waals surface area (Å²) in [4.78, 5) is 15.1. The van der Waals surface area contributed by atoms with Gasteiger partial charge in [0.15, 0.2) is 0 Å². The number of hydrogen-bond donors (Lipinski definition) is 1. The minimum Gasteiger partial charge on any atom is -0.379 e. The number of rotatable bonds is 5. The van der Waals surface area contributed by atoms with Crippen LogP contribution in [0.2, 0.25) is 0 Å². The molecule has 1 atom stereocenters. The van der Waals surface area contributed by atoms with Crippen LogP contribution in [0.15, 0.2) is 24.3 Å². The largest absolute Gasteiger partial charge is 0.379 e. The number of carbonyl (C=O) groups is 1. The fourth-order valence-electron chi connectivity index (χ4n) is 3.73. The van der Waals surface area contributed by atoms with Gasteiger partial charge in [0.25, 0.3) is 0 Å². The summed E-state index contributed by atoms with van der Waals surface area (Å²) < 4.78 is 5.45. The second-order valence-corrected chi connectivity index (χ2v) is 7.22. The number of morpholine rings is 1. The van der Waals surface area contributed by atoms with Gasteiger partial charge in [-0.05, 0) is 25.3 Å². The average Bonchev–Trinajstić information content (AvgIpc) is 2.63. The van der Waals surface area contributed by atoms with E-state index in [1.54, 1.807) is 0 Å². The molecule has 0 aromatic heterocycles. The van der Waals surface area contributed by atoms with Crippen molar-refractivity contribution in [2.75, 3.05) is 32.8 Å². The molecule has 1 N–H and O–H groups in total. The predicted molar refractivity (Wildman–Crippen MR) is 95.9 cm³/mol. The maximum absolute atomic E-state index is 12.7. The van der Waals surface area contributed by atoms with Crippen molar-refractivity contribution in [1.82, 2.24) is 10.2 Å². The van der Waals surface area contributed by atoms with Crippen LogP contribution >= 0.6 is 0 Å². The first-order valence-electron chi connectivity index (χ1n) is 9.39. The highest BCUT2D eigenvalue weighted by atomic mass is 16.5. The fraction of sp³-hybridized carbons (Fsp3) is 0.650. The van der Waals surface area contributed by atoms with E-state index in [0.717, 1.165) is 45.7 Å². The van der Waals surface area contributed by atoms with Gasteiger partial charge >= 0.3 is 0 Å². The van der Waals surface area contributed by atoms with Gasteiger partial charge < -0.3 is 10.1 Å². The summed E-state index contributed by atoms with van der Waals surface area (Å²) in [6.07, 6.45) is 5.75.